The highest BCUT2D eigenvalue weighted by atomic mass is 32.2. The van der Waals surface area contributed by atoms with Crippen molar-refractivity contribution in [2.45, 2.75) is 36.7 Å². The van der Waals surface area contributed by atoms with Crippen molar-refractivity contribution in [1.82, 2.24) is 14.8 Å². The molecule has 9 nitrogen and oxygen atoms in total. The van der Waals surface area contributed by atoms with Crippen LogP contribution in [0.5, 0.6) is 0 Å². The fraction of sp³-hybridized carbons (Fsp3) is 0.429. The van der Waals surface area contributed by atoms with E-state index in [4.69, 9.17) is 10.1 Å². The van der Waals surface area contributed by atoms with Crippen LogP contribution < -0.4 is 10.0 Å². The monoisotopic (exact) mass is 442 g/mol. The average Bonchev–Trinajstić information content (AvgIpc) is 3.30. The van der Waals surface area contributed by atoms with Crippen molar-refractivity contribution in [3.05, 3.63) is 47.2 Å². The standard InChI is InChI=1S/C21H26N6O3S/c1-13-9-16(31(22,29)30)5-6-17(13)21(28)27-14-3-4-15(27)11-26(10-14)20-18-7-8-23-19(18)25(2)12-24-20/h5-9,14-15,23H,3-4,10-12H2,1-2H3,(H2,22,29,30)/t14-,15+. The number of H-pyrrole nitrogens is 1. The molecule has 1 aromatic carbocycles. The lowest BCUT2D eigenvalue weighted by Crippen LogP contribution is -2.57. The largest absolute Gasteiger partial charge is 0.352 e. The zero-order valence-electron chi connectivity index (χ0n) is 17.6. The molecule has 0 unspecified atom stereocenters. The van der Waals surface area contributed by atoms with Gasteiger partial charge in [-0.1, -0.05) is 0 Å². The Balaban J connectivity index is 1.38. The first-order chi connectivity index (χ1) is 14.7. The van der Waals surface area contributed by atoms with E-state index in [1.807, 2.05) is 18.1 Å². The van der Waals surface area contributed by atoms with Crippen LogP contribution in [0.25, 0.3) is 0 Å². The Morgan fingerprint density at radius 1 is 1.19 bits per heavy atom. The summed E-state index contributed by atoms with van der Waals surface area (Å²) in [6.45, 7) is 3.83. The average molecular weight is 443 g/mol. The van der Waals surface area contributed by atoms with Crippen LogP contribution in [0.15, 0.2) is 40.4 Å². The van der Waals surface area contributed by atoms with Crippen LogP contribution in [0.2, 0.25) is 0 Å². The zero-order chi connectivity index (χ0) is 21.9. The number of aliphatic imine (C=N–C) groups is 1. The van der Waals surface area contributed by atoms with Gasteiger partial charge in [-0.3, -0.25) is 4.79 Å². The van der Waals surface area contributed by atoms with Crippen LogP contribution in [0.4, 0.5) is 5.82 Å². The molecule has 31 heavy (non-hydrogen) atoms. The van der Waals surface area contributed by atoms with Gasteiger partial charge in [0.15, 0.2) is 0 Å². The summed E-state index contributed by atoms with van der Waals surface area (Å²) < 4.78 is 23.2. The van der Waals surface area contributed by atoms with Crippen molar-refractivity contribution in [1.29, 1.82) is 0 Å². The number of sulfonamides is 1. The van der Waals surface area contributed by atoms with Crippen LogP contribution in [-0.4, -0.2) is 73.8 Å². The molecule has 2 atom stereocenters. The number of carbonyl (C=O) groups is 1. The van der Waals surface area contributed by atoms with Crippen molar-refractivity contribution in [2.75, 3.05) is 31.7 Å². The number of fused-ring (bicyclic) bond motifs is 3. The minimum Gasteiger partial charge on any atom is -0.352 e. The first-order valence-electron chi connectivity index (χ1n) is 10.4. The van der Waals surface area contributed by atoms with Gasteiger partial charge in [-0.05, 0) is 49.6 Å². The van der Waals surface area contributed by atoms with Gasteiger partial charge in [0, 0.05) is 31.9 Å². The predicted octanol–water partition coefficient (Wildman–Crippen LogP) is 1.11. The van der Waals surface area contributed by atoms with E-state index in [1.165, 1.54) is 12.1 Å². The highest BCUT2D eigenvalue weighted by molar-refractivity contribution is 7.89. The molecule has 10 heteroatoms. The summed E-state index contributed by atoms with van der Waals surface area (Å²) in [5.74, 6) is 2.02. The number of aryl methyl sites for hydroxylation is 1. The summed E-state index contributed by atoms with van der Waals surface area (Å²) in [4.78, 5) is 27.9. The molecule has 2 aromatic rings. The highest BCUT2D eigenvalue weighted by Gasteiger charge is 2.44. The number of anilines is 1. The number of piperazine rings is 1. The van der Waals surface area contributed by atoms with Crippen LogP contribution in [-0.2, 0) is 10.0 Å². The molecule has 164 valence electrons. The molecule has 4 heterocycles. The van der Waals surface area contributed by atoms with Crippen LogP contribution in [0.3, 0.4) is 0 Å². The molecule has 3 N–H and O–H groups in total. The minimum atomic E-state index is -3.80. The zero-order valence-corrected chi connectivity index (χ0v) is 18.4. The quantitative estimate of drug-likeness (QED) is 0.723. The van der Waals surface area contributed by atoms with Crippen molar-refractivity contribution in [2.24, 2.45) is 10.1 Å². The normalized spacial score (nSPS) is 23.1. The second-order valence-corrected chi connectivity index (χ2v) is 10.1. The van der Waals surface area contributed by atoms with Crippen LogP contribution in [0.1, 0.15) is 34.3 Å². The molecule has 0 saturated carbocycles. The Kier molecular flexibility index (Phi) is 4.60. The summed E-state index contributed by atoms with van der Waals surface area (Å²) in [7, 11) is -1.78. The van der Waals surface area contributed by atoms with Gasteiger partial charge in [-0.25, -0.2) is 18.5 Å². The number of rotatable bonds is 2. The number of nitrogens with zero attached hydrogens (tertiary/aromatic N) is 4. The van der Waals surface area contributed by atoms with Crippen molar-refractivity contribution in [3.8, 4) is 0 Å². The van der Waals surface area contributed by atoms with E-state index in [1.54, 1.807) is 13.0 Å². The molecule has 5 rings (SSSR count). The van der Waals surface area contributed by atoms with E-state index in [0.29, 0.717) is 17.8 Å². The molecule has 3 aliphatic rings. The van der Waals surface area contributed by atoms with E-state index >= 15 is 0 Å². The molecular weight excluding hydrogens is 416 g/mol. The molecule has 1 amide bonds. The van der Waals surface area contributed by atoms with E-state index in [0.717, 1.165) is 43.1 Å². The molecule has 0 aliphatic carbocycles. The number of hydrogen-bond donors (Lipinski definition) is 2. The summed E-state index contributed by atoms with van der Waals surface area (Å²) in [5, 5.41) is 5.22. The van der Waals surface area contributed by atoms with Crippen molar-refractivity contribution >= 4 is 27.6 Å². The molecule has 3 aliphatic heterocycles. The van der Waals surface area contributed by atoms with E-state index in [-0.39, 0.29) is 22.9 Å². The fourth-order valence-electron chi connectivity index (χ4n) is 5.06. The van der Waals surface area contributed by atoms with Crippen molar-refractivity contribution in [3.63, 3.8) is 0 Å². The Bertz CT molecular complexity index is 1170. The number of amidine groups is 1. The highest BCUT2D eigenvalue weighted by Crippen LogP contribution is 2.34. The number of hydrogen-bond acceptors (Lipinski definition) is 6. The third kappa shape index (κ3) is 3.30. The van der Waals surface area contributed by atoms with Gasteiger partial charge in [0.2, 0.25) is 10.0 Å². The van der Waals surface area contributed by atoms with Crippen LogP contribution >= 0.6 is 0 Å². The summed E-state index contributed by atoms with van der Waals surface area (Å²) in [6, 6.07) is 6.73. The molecule has 2 bridgehead atoms. The summed E-state index contributed by atoms with van der Waals surface area (Å²) in [5.41, 5.74) is 2.25. The Morgan fingerprint density at radius 3 is 2.55 bits per heavy atom. The van der Waals surface area contributed by atoms with Gasteiger partial charge in [-0.15, -0.1) is 0 Å². The first kappa shape index (κ1) is 20.1. The number of amides is 1. The molecule has 2 fully saturated rings. The number of likely N-dealkylation sites (tertiary alicyclic amines) is 1. The maximum absolute atomic E-state index is 13.4. The van der Waals surface area contributed by atoms with Gasteiger partial charge < -0.3 is 19.7 Å². The number of nitrogens with two attached hydrogens (primary N) is 1. The lowest BCUT2D eigenvalue weighted by atomic mass is 10.0. The van der Waals surface area contributed by atoms with Crippen LogP contribution in [0, 0.1) is 6.92 Å². The van der Waals surface area contributed by atoms with E-state index in [9.17, 15) is 13.2 Å². The first-order valence-corrected chi connectivity index (χ1v) is 11.9. The number of primary sulfonamides is 1. The lowest BCUT2D eigenvalue weighted by molar-refractivity contribution is 0.0528. The van der Waals surface area contributed by atoms with Gasteiger partial charge in [0.05, 0.1) is 22.5 Å². The number of benzene rings is 1. The number of carbonyl (C=O) groups excluding carboxylic acids is 1. The smallest absolute Gasteiger partial charge is 0.254 e. The van der Waals surface area contributed by atoms with Gasteiger partial charge >= 0.3 is 0 Å². The Morgan fingerprint density at radius 2 is 1.90 bits per heavy atom. The van der Waals surface area contributed by atoms with E-state index < -0.39 is 10.0 Å². The SMILES string of the molecule is Cc1cc(S(N)(=O)=O)ccc1C(=O)N1[C@@H]2CC[C@H]1CN(C1=NCN(C)c3[nH]ccc31)C2. The third-order valence-electron chi connectivity index (χ3n) is 6.55. The Labute approximate surface area is 181 Å². The van der Waals surface area contributed by atoms with Gasteiger partial charge in [0.1, 0.15) is 18.3 Å². The topological polar surface area (TPSA) is 115 Å². The fourth-order valence-corrected chi connectivity index (χ4v) is 5.65. The second kappa shape index (κ2) is 7.10. The lowest BCUT2D eigenvalue weighted by Gasteiger charge is -2.43. The number of aromatic nitrogens is 1. The molecule has 2 saturated heterocycles. The maximum atomic E-state index is 13.4. The van der Waals surface area contributed by atoms with E-state index in [2.05, 4.69) is 20.9 Å². The maximum Gasteiger partial charge on any atom is 0.254 e. The third-order valence-corrected chi connectivity index (χ3v) is 7.46. The summed E-state index contributed by atoms with van der Waals surface area (Å²) >= 11 is 0. The number of nitrogens with one attached hydrogen (secondary N) is 1. The molecule has 1 aromatic heterocycles. The van der Waals surface area contributed by atoms with Gasteiger partial charge in [-0.2, -0.15) is 0 Å². The van der Waals surface area contributed by atoms with Gasteiger partial charge in [0.25, 0.3) is 5.91 Å². The predicted molar refractivity (Wildman–Crippen MR) is 118 cm³/mol. The number of aromatic amines is 1. The minimum absolute atomic E-state index is 0.0249. The Hall–Kier alpha value is -2.85. The van der Waals surface area contributed by atoms with Crippen molar-refractivity contribution < 1.29 is 13.2 Å². The molecule has 0 spiro atoms. The molecule has 0 radical (unpaired) electrons. The summed E-state index contributed by atoms with van der Waals surface area (Å²) in [6.07, 6.45) is 3.84. The second-order valence-electron chi connectivity index (χ2n) is 8.59. The molecular formula is C21H26N6O3S.